The quantitative estimate of drug-likeness (QED) is 0.839. The number of anilines is 1. The second-order valence-corrected chi connectivity index (χ2v) is 5.34. The molecule has 1 aliphatic heterocycles. The van der Waals surface area contributed by atoms with E-state index in [1.54, 1.807) is 12.4 Å². The molecule has 0 spiro atoms. The number of imidazole rings is 1. The number of nitrogen functional groups attached to an aromatic ring is 1. The number of piperazine rings is 1. The molecule has 19 heavy (non-hydrogen) atoms. The van der Waals surface area contributed by atoms with Crippen molar-refractivity contribution in [3.63, 3.8) is 0 Å². The van der Waals surface area contributed by atoms with Gasteiger partial charge in [0, 0.05) is 38.4 Å². The molecule has 3 rings (SSSR count). The molecule has 0 radical (unpaired) electrons. The molecule has 0 amide bonds. The van der Waals surface area contributed by atoms with Crippen LogP contribution in [0.4, 0.5) is 5.95 Å². The van der Waals surface area contributed by atoms with Crippen molar-refractivity contribution in [2.24, 2.45) is 0 Å². The first-order valence-electron chi connectivity index (χ1n) is 6.59. The van der Waals surface area contributed by atoms with E-state index in [4.69, 9.17) is 5.73 Å². The van der Waals surface area contributed by atoms with E-state index in [0.717, 1.165) is 37.2 Å². The minimum Gasteiger partial charge on any atom is -0.369 e. The van der Waals surface area contributed by atoms with E-state index < -0.39 is 0 Å². The first-order valence-corrected chi connectivity index (χ1v) is 6.59. The van der Waals surface area contributed by atoms with Crippen LogP contribution in [-0.4, -0.2) is 64.1 Å². The summed E-state index contributed by atoms with van der Waals surface area (Å²) in [4.78, 5) is 13.2. The van der Waals surface area contributed by atoms with Crippen molar-refractivity contribution in [1.29, 1.82) is 0 Å². The average Bonchev–Trinajstić information content (AvgIpc) is 2.71. The van der Waals surface area contributed by atoms with E-state index in [-0.39, 0.29) is 0 Å². The maximum absolute atomic E-state index is 6.04. The molecule has 3 heterocycles. The van der Waals surface area contributed by atoms with Crippen LogP contribution in [0.5, 0.6) is 0 Å². The number of nitrogens with two attached hydrogens (primary N) is 1. The Morgan fingerprint density at radius 2 is 2.21 bits per heavy atom. The summed E-state index contributed by atoms with van der Waals surface area (Å²) in [5, 5.41) is 0. The Hall–Kier alpha value is -1.66. The molecular formula is C13H20N6. The lowest BCUT2D eigenvalue weighted by Crippen LogP contribution is -2.51. The summed E-state index contributed by atoms with van der Waals surface area (Å²) < 4.78 is 2.09. The Bertz CT molecular complexity index is 578. The first kappa shape index (κ1) is 12.4. The van der Waals surface area contributed by atoms with Crippen LogP contribution in [0.1, 0.15) is 0 Å². The van der Waals surface area contributed by atoms with Gasteiger partial charge in [-0.1, -0.05) is 0 Å². The second kappa shape index (κ2) is 4.79. The summed E-state index contributed by atoms with van der Waals surface area (Å²) in [5.74, 6) is 0.574. The highest BCUT2D eigenvalue weighted by Gasteiger charge is 2.23. The third-order valence-electron chi connectivity index (χ3n) is 3.95. The normalized spacial score (nSPS) is 22.1. The largest absolute Gasteiger partial charge is 0.369 e. The number of likely N-dealkylation sites (N-methyl/N-ethyl adjacent to an activating group) is 2. The van der Waals surface area contributed by atoms with Crippen LogP contribution >= 0.6 is 0 Å². The van der Waals surface area contributed by atoms with E-state index in [0.29, 0.717) is 12.0 Å². The molecule has 1 fully saturated rings. The zero-order valence-corrected chi connectivity index (χ0v) is 11.5. The van der Waals surface area contributed by atoms with Gasteiger partial charge in [0.05, 0.1) is 11.7 Å². The maximum Gasteiger partial charge on any atom is 0.201 e. The van der Waals surface area contributed by atoms with Crippen molar-refractivity contribution in [2.75, 3.05) is 39.5 Å². The molecule has 6 nitrogen and oxygen atoms in total. The highest BCUT2D eigenvalue weighted by molar-refractivity contribution is 5.77. The molecule has 2 aromatic heterocycles. The highest BCUT2D eigenvalue weighted by atomic mass is 15.3. The summed E-state index contributed by atoms with van der Waals surface area (Å²) in [6.07, 6.45) is 3.55. The molecule has 2 N–H and O–H groups in total. The lowest BCUT2D eigenvalue weighted by molar-refractivity contribution is 0.104. The lowest BCUT2D eigenvalue weighted by Gasteiger charge is -2.38. The third-order valence-corrected chi connectivity index (χ3v) is 3.95. The number of hydrogen-bond donors (Lipinski definition) is 1. The third kappa shape index (κ3) is 2.29. The van der Waals surface area contributed by atoms with Crippen molar-refractivity contribution in [3.8, 4) is 0 Å². The van der Waals surface area contributed by atoms with Crippen LogP contribution < -0.4 is 5.73 Å². The molecule has 0 aromatic carbocycles. The first-order chi connectivity index (χ1) is 9.15. The van der Waals surface area contributed by atoms with Gasteiger partial charge in [-0.15, -0.1) is 0 Å². The fourth-order valence-corrected chi connectivity index (χ4v) is 2.70. The summed E-state index contributed by atoms with van der Waals surface area (Å²) in [6.45, 7) is 4.14. The fraction of sp³-hybridized carbons (Fsp3) is 0.538. The van der Waals surface area contributed by atoms with Crippen LogP contribution in [-0.2, 0) is 6.54 Å². The van der Waals surface area contributed by atoms with Crippen molar-refractivity contribution < 1.29 is 0 Å². The monoisotopic (exact) mass is 260 g/mol. The van der Waals surface area contributed by atoms with Gasteiger partial charge in [-0.05, 0) is 20.2 Å². The van der Waals surface area contributed by atoms with E-state index in [9.17, 15) is 0 Å². The number of rotatable bonds is 2. The number of aromatic nitrogens is 3. The lowest BCUT2D eigenvalue weighted by atomic mass is 10.2. The smallest absolute Gasteiger partial charge is 0.201 e. The molecule has 1 unspecified atom stereocenters. The molecule has 1 aliphatic rings. The summed E-state index contributed by atoms with van der Waals surface area (Å²) >= 11 is 0. The van der Waals surface area contributed by atoms with Crippen LogP contribution in [0.3, 0.4) is 0 Å². The van der Waals surface area contributed by atoms with E-state index in [1.807, 2.05) is 6.07 Å². The van der Waals surface area contributed by atoms with Gasteiger partial charge in [0.15, 0.2) is 0 Å². The van der Waals surface area contributed by atoms with Crippen LogP contribution in [0, 0.1) is 0 Å². The maximum atomic E-state index is 6.04. The SMILES string of the molecule is CN1CCN(C)C(Cn2c(N)nc3cnccc32)C1. The van der Waals surface area contributed by atoms with Gasteiger partial charge in [-0.25, -0.2) is 4.98 Å². The van der Waals surface area contributed by atoms with Crippen molar-refractivity contribution in [2.45, 2.75) is 12.6 Å². The topological polar surface area (TPSA) is 63.2 Å². The average molecular weight is 260 g/mol. The standard InChI is InChI=1S/C13H20N6/c1-17-5-6-18(2)10(8-17)9-19-12-3-4-15-7-11(12)16-13(19)14/h3-4,7,10H,5-6,8-9H2,1-2H3,(H2,14,16). The Morgan fingerprint density at radius 3 is 3.05 bits per heavy atom. The Labute approximate surface area is 112 Å². The highest BCUT2D eigenvalue weighted by Crippen LogP contribution is 2.19. The summed E-state index contributed by atoms with van der Waals surface area (Å²) in [7, 11) is 4.34. The Kier molecular flexibility index (Phi) is 3.12. The van der Waals surface area contributed by atoms with Gasteiger partial charge in [-0.3, -0.25) is 9.88 Å². The molecule has 1 saturated heterocycles. The molecule has 0 bridgehead atoms. The second-order valence-electron chi connectivity index (χ2n) is 5.34. The number of nitrogens with zero attached hydrogens (tertiary/aromatic N) is 5. The van der Waals surface area contributed by atoms with E-state index in [2.05, 4.69) is 38.4 Å². The van der Waals surface area contributed by atoms with Crippen molar-refractivity contribution in [3.05, 3.63) is 18.5 Å². The zero-order valence-electron chi connectivity index (χ0n) is 11.5. The molecule has 0 saturated carbocycles. The molecule has 6 heteroatoms. The molecule has 1 atom stereocenters. The minimum absolute atomic E-state index is 0.464. The van der Waals surface area contributed by atoms with Gasteiger partial charge in [0.1, 0.15) is 5.52 Å². The van der Waals surface area contributed by atoms with Crippen LogP contribution in [0.15, 0.2) is 18.5 Å². The van der Waals surface area contributed by atoms with Crippen LogP contribution in [0.2, 0.25) is 0 Å². The zero-order chi connectivity index (χ0) is 13.4. The number of fused-ring (bicyclic) bond motifs is 1. The summed E-state index contributed by atoms with van der Waals surface area (Å²) in [5.41, 5.74) is 7.97. The minimum atomic E-state index is 0.464. The predicted molar refractivity (Wildman–Crippen MR) is 75.9 cm³/mol. The number of pyridine rings is 1. The van der Waals surface area contributed by atoms with E-state index >= 15 is 0 Å². The van der Waals surface area contributed by atoms with Crippen molar-refractivity contribution in [1.82, 2.24) is 24.3 Å². The fourth-order valence-electron chi connectivity index (χ4n) is 2.70. The van der Waals surface area contributed by atoms with E-state index in [1.165, 1.54) is 0 Å². The van der Waals surface area contributed by atoms with Gasteiger partial charge < -0.3 is 15.2 Å². The molecule has 102 valence electrons. The van der Waals surface area contributed by atoms with Gasteiger partial charge >= 0.3 is 0 Å². The Morgan fingerprint density at radius 1 is 1.37 bits per heavy atom. The Balaban J connectivity index is 1.90. The van der Waals surface area contributed by atoms with Gasteiger partial charge in [0.25, 0.3) is 0 Å². The van der Waals surface area contributed by atoms with Crippen molar-refractivity contribution >= 4 is 17.0 Å². The predicted octanol–water partition coefficient (Wildman–Crippen LogP) is 0.259. The number of hydrogen-bond acceptors (Lipinski definition) is 5. The molecule has 2 aromatic rings. The van der Waals surface area contributed by atoms with Gasteiger partial charge in [0.2, 0.25) is 5.95 Å². The molecular weight excluding hydrogens is 240 g/mol. The van der Waals surface area contributed by atoms with Crippen LogP contribution in [0.25, 0.3) is 11.0 Å². The molecule has 0 aliphatic carbocycles. The summed E-state index contributed by atoms with van der Waals surface area (Å²) in [6, 6.07) is 2.44. The van der Waals surface area contributed by atoms with Gasteiger partial charge in [-0.2, -0.15) is 0 Å².